The molecule has 0 aliphatic carbocycles. The molecule has 0 spiro atoms. The molecule has 0 aliphatic rings. The number of nitrogens with one attached hydrogen (secondary N) is 1. The van der Waals surface area contributed by atoms with Crippen molar-refractivity contribution in [3.8, 4) is 0 Å². The first-order valence-corrected chi connectivity index (χ1v) is 12.9. The van der Waals surface area contributed by atoms with Crippen LogP contribution in [0.3, 0.4) is 0 Å². The van der Waals surface area contributed by atoms with Crippen LogP contribution in [0.2, 0.25) is 0 Å². The minimum Gasteiger partial charge on any atom is -0.512 e. The molecule has 1 amide bonds. The van der Waals surface area contributed by atoms with Crippen LogP contribution in [-0.2, 0) is 38.9 Å². The highest BCUT2D eigenvalue weighted by Gasteiger charge is 2.21. The third-order valence-electron chi connectivity index (χ3n) is 5.47. The Labute approximate surface area is 215 Å². The summed E-state index contributed by atoms with van der Waals surface area (Å²) in [5, 5.41) is 20.0. The molecule has 0 aliphatic heterocycles. The zero-order valence-corrected chi connectivity index (χ0v) is 22.2. The van der Waals surface area contributed by atoms with E-state index in [1.807, 2.05) is 0 Å². The van der Waals surface area contributed by atoms with E-state index in [0.29, 0.717) is 38.5 Å². The van der Waals surface area contributed by atoms with E-state index in [1.54, 1.807) is 0 Å². The molecular formula is C25H46N2O9. The van der Waals surface area contributed by atoms with Gasteiger partial charge < -0.3 is 24.8 Å². The minimum absolute atomic E-state index is 0.339. The highest BCUT2D eigenvalue weighted by molar-refractivity contribution is 5.80. The molecule has 2 atom stereocenters. The largest absolute Gasteiger partial charge is 0.512 e. The van der Waals surface area contributed by atoms with Crippen molar-refractivity contribution in [1.29, 1.82) is 0 Å². The Morgan fingerprint density at radius 3 is 2.14 bits per heavy atom. The number of hydrogen-bond donors (Lipinski definition) is 2. The first kappa shape index (κ1) is 33.6. The van der Waals surface area contributed by atoms with Crippen molar-refractivity contribution in [3.05, 3.63) is 12.5 Å². The van der Waals surface area contributed by atoms with Gasteiger partial charge in [-0.1, -0.05) is 71.1 Å². The lowest BCUT2D eigenvalue weighted by atomic mass is 10.0. The number of rotatable bonds is 25. The van der Waals surface area contributed by atoms with Gasteiger partial charge in [-0.15, -0.1) is 0 Å². The van der Waals surface area contributed by atoms with Gasteiger partial charge in [-0.3, -0.25) is 4.79 Å². The summed E-state index contributed by atoms with van der Waals surface area (Å²) in [5.41, 5.74) is 0. The van der Waals surface area contributed by atoms with Crippen LogP contribution in [-0.4, -0.2) is 56.3 Å². The van der Waals surface area contributed by atoms with Gasteiger partial charge in [-0.2, -0.15) is 4.89 Å². The molecule has 11 heteroatoms. The van der Waals surface area contributed by atoms with Crippen LogP contribution >= 0.6 is 0 Å². The third kappa shape index (κ3) is 19.9. The van der Waals surface area contributed by atoms with E-state index in [9.17, 15) is 9.59 Å². The van der Waals surface area contributed by atoms with Gasteiger partial charge in [0.25, 0.3) is 5.91 Å². The lowest BCUT2D eigenvalue weighted by Gasteiger charge is -2.15. The third-order valence-corrected chi connectivity index (χ3v) is 5.47. The molecule has 11 nitrogen and oxygen atoms in total. The van der Waals surface area contributed by atoms with Crippen molar-refractivity contribution in [3.63, 3.8) is 0 Å². The second-order valence-electron chi connectivity index (χ2n) is 8.39. The Morgan fingerprint density at radius 2 is 1.53 bits per heavy atom. The van der Waals surface area contributed by atoms with Gasteiger partial charge in [-0.25, -0.2) is 9.79 Å². The average Bonchev–Trinajstić information content (AvgIpc) is 2.89. The topological polar surface area (TPSA) is 134 Å². The Bertz CT molecular complexity index is 588. The Hall–Kier alpha value is -2.37. The number of aliphatic hydroxyl groups is 1. The number of ether oxygens (including phenoxy) is 2. The van der Waals surface area contributed by atoms with Crippen LogP contribution < -0.4 is 5.32 Å². The lowest BCUT2D eigenvalue weighted by molar-refractivity contribution is -0.627. The molecule has 0 rings (SSSR count). The van der Waals surface area contributed by atoms with Crippen molar-refractivity contribution in [1.82, 2.24) is 5.32 Å². The van der Waals surface area contributed by atoms with E-state index in [0.717, 1.165) is 25.5 Å². The molecule has 0 bridgehead atoms. The smallest absolute Gasteiger partial charge is 0.330 e. The summed E-state index contributed by atoms with van der Waals surface area (Å²) in [6.45, 7) is 2.61. The Balaban J connectivity index is 4.30. The fourth-order valence-corrected chi connectivity index (χ4v) is 3.48. The number of carbonyl (C=O) groups is 2. The predicted molar refractivity (Wildman–Crippen MR) is 135 cm³/mol. The van der Waals surface area contributed by atoms with Gasteiger partial charge in [0.05, 0.1) is 14.2 Å². The SMILES string of the molecule is CCCCCCCCCCCCC(OOOO/C=C\O)C(=O)NCCCCC(N=COC)C(=O)OC. The highest BCUT2D eigenvalue weighted by Crippen LogP contribution is 2.14. The van der Waals surface area contributed by atoms with Crippen molar-refractivity contribution in [2.24, 2.45) is 4.99 Å². The summed E-state index contributed by atoms with van der Waals surface area (Å²) in [7, 11) is 2.76. The maximum Gasteiger partial charge on any atom is 0.330 e. The number of methoxy groups -OCH3 is 2. The molecule has 36 heavy (non-hydrogen) atoms. The quantitative estimate of drug-likeness (QED) is 0.0325. The zero-order chi connectivity index (χ0) is 26.7. The number of esters is 1. The maximum absolute atomic E-state index is 12.6. The number of hydrogen-bond acceptors (Lipinski definition) is 10. The van der Waals surface area contributed by atoms with E-state index in [4.69, 9.17) is 19.5 Å². The second kappa shape index (κ2) is 25.7. The van der Waals surface area contributed by atoms with Gasteiger partial charge in [-0.05, 0) is 30.7 Å². The van der Waals surface area contributed by atoms with Gasteiger partial charge in [0.15, 0.2) is 24.8 Å². The van der Waals surface area contributed by atoms with Crippen molar-refractivity contribution < 1.29 is 44.0 Å². The monoisotopic (exact) mass is 518 g/mol. The Morgan fingerprint density at radius 1 is 0.889 bits per heavy atom. The van der Waals surface area contributed by atoms with E-state index < -0.39 is 18.1 Å². The van der Waals surface area contributed by atoms with Crippen LogP contribution in [0.15, 0.2) is 17.5 Å². The fraction of sp³-hybridized carbons (Fsp3) is 0.800. The van der Waals surface area contributed by atoms with E-state index in [-0.39, 0.29) is 5.91 Å². The molecule has 0 aromatic heterocycles. The summed E-state index contributed by atoms with van der Waals surface area (Å²) >= 11 is 0. The summed E-state index contributed by atoms with van der Waals surface area (Å²) in [4.78, 5) is 37.7. The van der Waals surface area contributed by atoms with Crippen LogP contribution in [0.4, 0.5) is 0 Å². The zero-order valence-electron chi connectivity index (χ0n) is 22.2. The molecule has 210 valence electrons. The number of unbranched alkanes of at least 4 members (excludes halogenated alkanes) is 10. The van der Waals surface area contributed by atoms with Crippen molar-refractivity contribution in [2.45, 2.75) is 109 Å². The summed E-state index contributed by atoms with van der Waals surface area (Å²) in [6, 6.07) is -0.642. The average molecular weight is 519 g/mol. The van der Waals surface area contributed by atoms with Gasteiger partial charge >= 0.3 is 5.97 Å². The summed E-state index contributed by atoms with van der Waals surface area (Å²) in [6.07, 6.45) is 15.8. The predicted octanol–water partition coefficient (Wildman–Crippen LogP) is 5.01. The normalized spacial score (nSPS) is 13.1. The number of carbonyl (C=O) groups excluding carboxylic acids is 2. The first-order valence-electron chi connectivity index (χ1n) is 12.9. The Kier molecular flexibility index (Phi) is 24.0. The van der Waals surface area contributed by atoms with E-state index in [2.05, 4.69) is 32.2 Å². The highest BCUT2D eigenvalue weighted by atomic mass is 17.7. The van der Waals surface area contributed by atoms with Crippen molar-refractivity contribution >= 4 is 18.3 Å². The first-order chi connectivity index (χ1) is 17.6. The second-order valence-corrected chi connectivity index (χ2v) is 8.39. The van der Waals surface area contributed by atoms with E-state index in [1.165, 1.54) is 65.6 Å². The number of amides is 1. The van der Waals surface area contributed by atoms with Crippen molar-refractivity contribution in [2.75, 3.05) is 20.8 Å². The molecule has 2 N–H and O–H groups in total. The minimum atomic E-state index is -0.880. The summed E-state index contributed by atoms with van der Waals surface area (Å²) < 4.78 is 9.50. The molecule has 0 fully saturated rings. The van der Waals surface area contributed by atoms with Crippen LogP contribution in [0.5, 0.6) is 0 Å². The van der Waals surface area contributed by atoms with Crippen LogP contribution in [0, 0.1) is 0 Å². The van der Waals surface area contributed by atoms with Crippen LogP contribution in [0.1, 0.15) is 96.8 Å². The molecule has 0 aromatic carbocycles. The molecule has 0 heterocycles. The molecular weight excluding hydrogens is 472 g/mol. The molecule has 0 aromatic rings. The number of aliphatic hydroxyl groups excluding tert-OH is 1. The van der Waals surface area contributed by atoms with E-state index >= 15 is 0 Å². The fourth-order valence-electron chi connectivity index (χ4n) is 3.48. The summed E-state index contributed by atoms with van der Waals surface area (Å²) in [5.74, 6) is -0.776. The van der Waals surface area contributed by atoms with Gasteiger partial charge in [0.2, 0.25) is 0 Å². The van der Waals surface area contributed by atoms with Gasteiger partial charge in [0.1, 0.15) is 6.26 Å². The van der Waals surface area contributed by atoms with Gasteiger partial charge in [0, 0.05) is 11.6 Å². The number of aliphatic imine (C=N–C) groups is 1. The molecule has 2 unspecified atom stereocenters. The molecule has 0 saturated heterocycles. The molecule has 0 saturated carbocycles. The lowest BCUT2D eigenvalue weighted by Crippen LogP contribution is -2.37. The number of nitrogens with zero attached hydrogens (tertiary/aromatic N) is 1. The maximum atomic E-state index is 12.6. The molecule has 0 radical (unpaired) electrons. The standard InChI is InChI=1S/C25H46N2O9/c1-4-5-6-7-8-9-10-11-12-13-17-23(34-36-35-33-20-19-28)24(29)26-18-15-14-16-22(25(30)32-3)27-21-31-2/h19-23,28H,4-18H2,1-3H3,(H,26,29)/b20-19-,27-21?. The van der Waals surface area contributed by atoms with Crippen LogP contribution in [0.25, 0.3) is 0 Å².